The fourth-order valence-corrected chi connectivity index (χ4v) is 1.07. The average Bonchev–Trinajstić information content (AvgIpc) is 2.26. The van der Waals surface area contributed by atoms with Gasteiger partial charge in [-0.3, -0.25) is 20.0 Å². The monoisotopic (exact) mass is 219 g/mol. The number of carbonyl (C=O) groups is 2. The van der Waals surface area contributed by atoms with Gasteiger partial charge >= 0.3 is 0 Å². The van der Waals surface area contributed by atoms with Crippen LogP contribution in [0.1, 0.15) is 24.2 Å². The highest BCUT2D eigenvalue weighted by Gasteiger charge is 2.03. The molecule has 0 bridgehead atoms. The normalized spacial score (nSPS) is 10.8. The van der Waals surface area contributed by atoms with Gasteiger partial charge in [-0.15, -0.1) is 0 Å². The zero-order chi connectivity index (χ0) is 12.0. The van der Waals surface area contributed by atoms with Gasteiger partial charge in [-0.25, -0.2) is 0 Å². The van der Waals surface area contributed by atoms with Gasteiger partial charge in [-0.1, -0.05) is 0 Å². The Bertz CT molecular complexity index is 412. The van der Waals surface area contributed by atoms with Gasteiger partial charge in [0, 0.05) is 29.7 Å². The van der Waals surface area contributed by atoms with Crippen LogP contribution in [-0.2, 0) is 4.79 Å². The first-order valence-electron chi connectivity index (χ1n) is 4.75. The fraction of sp³-hybridized carbons (Fsp3) is 0.182. The van der Waals surface area contributed by atoms with Gasteiger partial charge in [-0.2, -0.15) is 0 Å². The molecule has 0 aromatic carbocycles. The molecule has 0 aliphatic rings. The first kappa shape index (κ1) is 11.9. The molecule has 0 radical (unpaired) electrons. The van der Waals surface area contributed by atoms with Crippen molar-refractivity contribution in [3.63, 3.8) is 0 Å². The minimum Gasteiger partial charge on any atom is -0.303 e. The van der Waals surface area contributed by atoms with Crippen LogP contribution in [0, 0.1) is 0 Å². The number of ketones is 1. The number of amides is 1. The van der Waals surface area contributed by atoms with E-state index in [1.165, 1.54) is 25.4 Å². The predicted octanol–water partition coefficient (Wildman–Crippen LogP) is 0.809. The number of carbonyl (C=O) groups excluding carboxylic acids is 2. The van der Waals surface area contributed by atoms with Crippen molar-refractivity contribution in [3.8, 4) is 0 Å². The summed E-state index contributed by atoms with van der Waals surface area (Å²) in [4.78, 5) is 26.1. The van der Waals surface area contributed by atoms with Crippen molar-refractivity contribution in [3.05, 3.63) is 41.9 Å². The number of nitrogens with one attached hydrogen (secondary N) is 2. The van der Waals surface area contributed by atoms with Crippen molar-refractivity contribution in [1.82, 2.24) is 15.8 Å². The standard InChI is InChI=1S/C11H13N3O2/c1-8(7-9(2)15)13-14-11(16)10-3-5-12-6-4-10/h3-7,13H,1-2H3,(H,14,16)/b8-7-. The molecule has 84 valence electrons. The highest BCUT2D eigenvalue weighted by atomic mass is 16.2. The van der Waals surface area contributed by atoms with Crippen LogP contribution in [0.4, 0.5) is 0 Å². The fourth-order valence-electron chi connectivity index (χ4n) is 1.07. The molecular weight excluding hydrogens is 206 g/mol. The lowest BCUT2D eigenvalue weighted by Gasteiger charge is -2.07. The molecule has 1 aromatic heterocycles. The summed E-state index contributed by atoms with van der Waals surface area (Å²) < 4.78 is 0. The van der Waals surface area contributed by atoms with Crippen LogP contribution in [0.15, 0.2) is 36.3 Å². The maximum atomic E-state index is 11.5. The van der Waals surface area contributed by atoms with E-state index in [4.69, 9.17) is 0 Å². The second-order valence-corrected chi connectivity index (χ2v) is 3.25. The first-order chi connectivity index (χ1) is 7.59. The van der Waals surface area contributed by atoms with Gasteiger partial charge in [0.2, 0.25) is 0 Å². The summed E-state index contributed by atoms with van der Waals surface area (Å²) in [5.41, 5.74) is 6.18. The number of hydrazine groups is 1. The quantitative estimate of drug-likeness (QED) is 0.580. The Morgan fingerprint density at radius 1 is 1.19 bits per heavy atom. The topological polar surface area (TPSA) is 71.1 Å². The molecule has 0 aliphatic carbocycles. The van der Waals surface area contributed by atoms with Crippen LogP contribution >= 0.6 is 0 Å². The molecule has 1 aromatic rings. The molecule has 5 nitrogen and oxygen atoms in total. The second kappa shape index (κ2) is 5.65. The zero-order valence-corrected chi connectivity index (χ0v) is 9.15. The molecule has 0 spiro atoms. The Labute approximate surface area is 93.5 Å². The van der Waals surface area contributed by atoms with Gasteiger partial charge in [-0.05, 0) is 26.0 Å². The molecule has 0 aliphatic heterocycles. The Morgan fingerprint density at radius 3 is 2.38 bits per heavy atom. The lowest BCUT2D eigenvalue weighted by atomic mass is 10.2. The lowest BCUT2D eigenvalue weighted by Crippen LogP contribution is -2.36. The molecule has 1 amide bonds. The molecule has 0 unspecified atom stereocenters. The van der Waals surface area contributed by atoms with E-state index in [9.17, 15) is 9.59 Å². The van der Waals surface area contributed by atoms with E-state index >= 15 is 0 Å². The minimum absolute atomic E-state index is 0.0804. The summed E-state index contributed by atoms with van der Waals surface area (Å²) in [5, 5.41) is 0. The summed E-state index contributed by atoms with van der Waals surface area (Å²) >= 11 is 0. The van der Waals surface area contributed by atoms with Crippen molar-refractivity contribution in [2.24, 2.45) is 0 Å². The van der Waals surface area contributed by atoms with Crippen LogP contribution in [0.5, 0.6) is 0 Å². The summed E-state index contributed by atoms with van der Waals surface area (Å²) in [5.74, 6) is -0.359. The van der Waals surface area contributed by atoms with E-state index in [-0.39, 0.29) is 11.7 Å². The van der Waals surface area contributed by atoms with Crippen molar-refractivity contribution >= 4 is 11.7 Å². The highest BCUT2D eigenvalue weighted by molar-refractivity contribution is 5.93. The number of allylic oxidation sites excluding steroid dienone is 2. The van der Waals surface area contributed by atoms with E-state index in [1.54, 1.807) is 19.1 Å². The van der Waals surface area contributed by atoms with Gasteiger partial charge in [0.1, 0.15) is 0 Å². The smallest absolute Gasteiger partial charge is 0.269 e. The molecule has 16 heavy (non-hydrogen) atoms. The Morgan fingerprint density at radius 2 is 1.81 bits per heavy atom. The third kappa shape index (κ3) is 3.91. The zero-order valence-electron chi connectivity index (χ0n) is 9.15. The second-order valence-electron chi connectivity index (χ2n) is 3.25. The average molecular weight is 219 g/mol. The van der Waals surface area contributed by atoms with Crippen molar-refractivity contribution in [2.45, 2.75) is 13.8 Å². The van der Waals surface area contributed by atoms with Gasteiger partial charge in [0.15, 0.2) is 5.78 Å². The van der Waals surface area contributed by atoms with E-state index in [0.717, 1.165) is 0 Å². The maximum absolute atomic E-state index is 11.5. The number of aromatic nitrogens is 1. The molecule has 5 heteroatoms. The van der Waals surface area contributed by atoms with Crippen molar-refractivity contribution in [2.75, 3.05) is 0 Å². The van der Waals surface area contributed by atoms with Crippen LogP contribution in [0.25, 0.3) is 0 Å². The lowest BCUT2D eigenvalue weighted by molar-refractivity contribution is -0.112. The highest BCUT2D eigenvalue weighted by Crippen LogP contribution is 1.95. The van der Waals surface area contributed by atoms with E-state index in [0.29, 0.717) is 11.3 Å². The Hall–Kier alpha value is -2.17. The molecule has 0 atom stereocenters. The summed E-state index contributed by atoms with van der Waals surface area (Å²) in [6, 6.07) is 3.20. The largest absolute Gasteiger partial charge is 0.303 e. The Balaban J connectivity index is 2.51. The number of hydrogen-bond acceptors (Lipinski definition) is 4. The molecule has 2 N–H and O–H groups in total. The summed E-state index contributed by atoms with van der Waals surface area (Å²) in [7, 11) is 0. The van der Waals surface area contributed by atoms with Crippen LogP contribution < -0.4 is 10.9 Å². The third-order valence-electron chi connectivity index (χ3n) is 1.74. The van der Waals surface area contributed by atoms with Crippen LogP contribution in [-0.4, -0.2) is 16.7 Å². The maximum Gasteiger partial charge on any atom is 0.269 e. The molecule has 0 fully saturated rings. The van der Waals surface area contributed by atoms with Gasteiger partial charge in [0.05, 0.1) is 0 Å². The van der Waals surface area contributed by atoms with Crippen molar-refractivity contribution < 1.29 is 9.59 Å². The van der Waals surface area contributed by atoms with E-state index in [1.807, 2.05) is 0 Å². The number of nitrogens with zero attached hydrogens (tertiary/aromatic N) is 1. The van der Waals surface area contributed by atoms with E-state index < -0.39 is 0 Å². The number of rotatable bonds is 4. The third-order valence-corrected chi connectivity index (χ3v) is 1.74. The van der Waals surface area contributed by atoms with Gasteiger partial charge < -0.3 is 5.43 Å². The summed E-state index contributed by atoms with van der Waals surface area (Å²) in [6.07, 6.45) is 4.47. The number of hydrogen-bond donors (Lipinski definition) is 2. The van der Waals surface area contributed by atoms with Crippen LogP contribution in [0.2, 0.25) is 0 Å². The van der Waals surface area contributed by atoms with E-state index in [2.05, 4.69) is 15.8 Å². The van der Waals surface area contributed by atoms with Crippen molar-refractivity contribution in [1.29, 1.82) is 0 Å². The first-order valence-corrected chi connectivity index (χ1v) is 4.75. The minimum atomic E-state index is -0.279. The molecule has 1 rings (SSSR count). The van der Waals surface area contributed by atoms with Crippen LogP contribution in [0.3, 0.4) is 0 Å². The summed E-state index contributed by atoms with van der Waals surface area (Å²) in [6.45, 7) is 3.13. The Kier molecular flexibility index (Phi) is 4.20. The number of pyridine rings is 1. The molecular formula is C11H13N3O2. The molecule has 0 saturated heterocycles. The van der Waals surface area contributed by atoms with Gasteiger partial charge in [0.25, 0.3) is 5.91 Å². The molecule has 0 saturated carbocycles. The predicted molar refractivity (Wildman–Crippen MR) is 59.3 cm³/mol. The molecule has 1 heterocycles. The SMILES string of the molecule is CC(=O)/C=C(/C)NNC(=O)c1ccncc1.